The highest BCUT2D eigenvalue weighted by molar-refractivity contribution is 6.33. The molecule has 220 valence electrons. The molecule has 1 aliphatic heterocycles. The number of halogens is 1. The second kappa shape index (κ2) is 13.8. The highest BCUT2D eigenvalue weighted by atomic mass is 35.5. The van der Waals surface area contributed by atoms with E-state index in [0.717, 1.165) is 42.9 Å². The van der Waals surface area contributed by atoms with Gasteiger partial charge in [-0.25, -0.2) is 4.98 Å². The standard InChI is InChI=1S/C33H34ClN7O2/c1-3-30(42)41-17-7-9-24(21-41)23-8-6-10-26(18-23)36-19-22-13-15-25(16-14-22)38-33-37-20-28(34)31(40-33)39-29-12-5-4-11-27(29)32(43)35-2/h3-6,8,10-16,18,20,24,36H,1,7,9,17,19,21H2,2H3,(H,35,43)(H2,37,38,39,40). The van der Waals surface area contributed by atoms with Crippen molar-refractivity contribution in [3.8, 4) is 0 Å². The number of likely N-dealkylation sites (tertiary alicyclic amines) is 1. The molecule has 43 heavy (non-hydrogen) atoms. The second-order valence-electron chi connectivity index (χ2n) is 10.3. The highest BCUT2D eigenvalue weighted by Gasteiger charge is 2.23. The number of nitrogens with one attached hydrogen (secondary N) is 4. The molecule has 3 aromatic carbocycles. The number of benzene rings is 3. The summed E-state index contributed by atoms with van der Waals surface area (Å²) in [6.07, 6.45) is 4.97. The van der Waals surface area contributed by atoms with E-state index in [9.17, 15) is 9.59 Å². The smallest absolute Gasteiger partial charge is 0.253 e. The molecule has 1 aliphatic rings. The Labute approximate surface area is 256 Å². The van der Waals surface area contributed by atoms with Gasteiger partial charge in [0.15, 0.2) is 5.82 Å². The fraction of sp³-hybridized carbons (Fsp3) is 0.212. The van der Waals surface area contributed by atoms with Crippen LogP contribution in [0.1, 0.15) is 40.2 Å². The third kappa shape index (κ3) is 7.50. The zero-order valence-corrected chi connectivity index (χ0v) is 24.7. The fourth-order valence-corrected chi connectivity index (χ4v) is 5.23. The third-order valence-electron chi connectivity index (χ3n) is 7.37. The minimum atomic E-state index is -0.216. The van der Waals surface area contributed by atoms with Gasteiger partial charge in [0.05, 0.1) is 17.4 Å². The molecule has 9 nitrogen and oxygen atoms in total. The number of carbonyl (C=O) groups is 2. The van der Waals surface area contributed by atoms with Gasteiger partial charge in [0.25, 0.3) is 5.91 Å². The molecule has 1 fully saturated rings. The summed E-state index contributed by atoms with van der Waals surface area (Å²) in [6, 6.07) is 23.6. The molecule has 4 N–H and O–H groups in total. The van der Waals surface area contributed by atoms with Crippen LogP contribution in [0, 0.1) is 0 Å². The van der Waals surface area contributed by atoms with Gasteiger partial charge in [0.1, 0.15) is 5.02 Å². The molecule has 2 heterocycles. The van der Waals surface area contributed by atoms with Gasteiger partial charge in [-0.1, -0.05) is 54.6 Å². The molecule has 0 saturated carbocycles. The van der Waals surface area contributed by atoms with Crippen molar-refractivity contribution in [2.24, 2.45) is 0 Å². The molecule has 1 unspecified atom stereocenters. The lowest BCUT2D eigenvalue weighted by atomic mass is 9.90. The van der Waals surface area contributed by atoms with E-state index in [4.69, 9.17) is 11.6 Å². The van der Waals surface area contributed by atoms with Crippen LogP contribution in [0.15, 0.2) is 91.6 Å². The van der Waals surface area contributed by atoms with E-state index in [-0.39, 0.29) is 11.8 Å². The number of piperidine rings is 1. The van der Waals surface area contributed by atoms with Crippen LogP contribution < -0.4 is 21.3 Å². The number of anilines is 5. The molecule has 0 spiro atoms. The van der Waals surface area contributed by atoms with Crippen LogP contribution in [0.5, 0.6) is 0 Å². The summed E-state index contributed by atoms with van der Waals surface area (Å²) in [6.45, 7) is 5.80. The van der Waals surface area contributed by atoms with Gasteiger partial charge in [0.2, 0.25) is 11.9 Å². The summed E-state index contributed by atoms with van der Waals surface area (Å²) in [7, 11) is 1.58. The van der Waals surface area contributed by atoms with Crippen LogP contribution in [0.3, 0.4) is 0 Å². The van der Waals surface area contributed by atoms with Crippen molar-refractivity contribution in [3.63, 3.8) is 0 Å². The molecule has 10 heteroatoms. The Morgan fingerprint density at radius 2 is 1.86 bits per heavy atom. The lowest BCUT2D eigenvalue weighted by Gasteiger charge is -2.32. The monoisotopic (exact) mass is 595 g/mol. The Hall–Kier alpha value is -4.89. The van der Waals surface area contributed by atoms with Crippen molar-refractivity contribution in [1.29, 1.82) is 0 Å². The molecular weight excluding hydrogens is 562 g/mol. The Morgan fingerprint density at radius 1 is 1.05 bits per heavy atom. The number of amides is 2. The van der Waals surface area contributed by atoms with Crippen LogP contribution in [0.4, 0.5) is 28.8 Å². The van der Waals surface area contributed by atoms with Gasteiger partial charge in [-0.15, -0.1) is 0 Å². The lowest BCUT2D eigenvalue weighted by Crippen LogP contribution is -2.38. The molecule has 4 aromatic rings. The summed E-state index contributed by atoms with van der Waals surface area (Å²) in [5, 5.41) is 12.8. The minimum absolute atomic E-state index is 0.000270. The molecule has 0 aliphatic carbocycles. The van der Waals surface area contributed by atoms with Crippen molar-refractivity contribution in [2.75, 3.05) is 36.1 Å². The third-order valence-corrected chi connectivity index (χ3v) is 7.64. The summed E-state index contributed by atoms with van der Waals surface area (Å²) >= 11 is 6.36. The molecule has 0 radical (unpaired) electrons. The number of hydrogen-bond donors (Lipinski definition) is 4. The van der Waals surface area contributed by atoms with Crippen molar-refractivity contribution in [3.05, 3.63) is 113 Å². The summed E-state index contributed by atoms with van der Waals surface area (Å²) in [5.41, 5.74) is 5.27. The van der Waals surface area contributed by atoms with Crippen molar-refractivity contribution < 1.29 is 9.59 Å². The highest BCUT2D eigenvalue weighted by Crippen LogP contribution is 2.29. The number of aromatic nitrogens is 2. The van der Waals surface area contributed by atoms with Gasteiger partial charge in [-0.05, 0) is 66.4 Å². The fourth-order valence-electron chi connectivity index (χ4n) is 5.09. The van der Waals surface area contributed by atoms with Gasteiger partial charge in [-0.3, -0.25) is 9.59 Å². The average molecular weight is 596 g/mol. The van der Waals surface area contributed by atoms with Crippen molar-refractivity contribution in [2.45, 2.75) is 25.3 Å². The maximum Gasteiger partial charge on any atom is 0.253 e. The Kier molecular flexibility index (Phi) is 9.53. The maximum atomic E-state index is 12.2. The van der Waals surface area contributed by atoms with E-state index in [0.29, 0.717) is 40.5 Å². The predicted molar refractivity (Wildman–Crippen MR) is 172 cm³/mol. The van der Waals surface area contributed by atoms with Crippen molar-refractivity contribution >= 4 is 52.2 Å². The molecule has 1 saturated heterocycles. The van der Waals surface area contributed by atoms with E-state index < -0.39 is 0 Å². The average Bonchev–Trinajstić information content (AvgIpc) is 3.05. The Bertz CT molecular complexity index is 1610. The van der Waals surface area contributed by atoms with Gasteiger partial charge >= 0.3 is 0 Å². The first-order chi connectivity index (χ1) is 20.9. The molecule has 0 bridgehead atoms. The quantitative estimate of drug-likeness (QED) is 0.155. The van der Waals surface area contributed by atoms with Gasteiger partial charge in [-0.2, -0.15) is 4.98 Å². The summed E-state index contributed by atoms with van der Waals surface area (Å²) < 4.78 is 0. The zero-order valence-electron chi connectivity index (χ0n) is 23.9. The maximum absolute atomic E-state index is 12.2. The summed E-state index contributed by atoms with van der Waals surface area (Å²) in [4.78, 5) is 35.0. The van der Waals surface area contributed by atoms with Gasteiger partial charge < -0.3 is 26.2 Å². The van der Waals surface area contributed by atoms with Crippen LogP contribution in [-0.4, -0.2) is 46.8 Å². The topological polar surface area (TPSA) is 111 Å². The molecule has 2 amide bonds. The Balaban J connectivity index is 1.20. The second-order valence-corrected chi connectivity index (χ2v) is 10.7. The largest absolute Gasteiger partial charge is 0.381 e. The van der Waals surface area contributed by atoms with Crippen molar-refractivity contribution in [1.82, 2.24) is 20.2 Å². The van der Waals surface area contributed by atoms with Gasteiger partial charge in [0, 0.05) is 44.0 Å². The first-order valence-electron chi connectivity index (χ1n) is 14.2. The first-order valence-corrected chi connectivity index (χ1v) is 14.5. The van der Waals surface area contributed by atoms with Crippen LogP contribution in [0.2, 0.25) is 5.02 Å². The number of rotatable bonds is 10. The molecular formula is C33H34ClN7O2. The minimum Gasteiger partial charge on any atom is -0.381 e. The van der Waals surface area contributed by atoms with Crippen LogP contribution in [0.25, 0.3) is 0 Å². The van der Waals surface area contributed by atoms with E-state index in [1.807, 2.05) is 35.2 Å². The zero-order chi connectivity index (χ0) is 30.2. The van der Waals surface area contributed by atoms with Crippen LogP contribution >= 0.6 is 11.6 Å². The van der Waals surface area contributed by atoms with E-state index in [1.165, 1.54) is 17.8 Å². The first kappa shape index (κ1) is 29.6. The molecule has 1 atom stereocenters. The van der Waals surface area contributed by atoms with Crippen LogP contribution in [-0.2, 0) is 11.3 Å². The number of nitrogens with zero attached hydrogens (tertiary/aromatic N) is 3. The number of carbonyl (C=O) groups excluding carboxylic acids is 2. The predicted octanol–water partition coefficient (Wildman–Crippen LogP) is 6.48. The van der Waals surface area contributed by atoms with E-state index in [1.54, 1.807) is 25.2 Å². The molecule has 5 rings (SSSR count). The Morgan fingerprint density at radius 3 is 2.65 bits per heavy atom. The van der Waals surface area contributed by atoms with E-state index in [2.05, 4.69) is 62.1 Å². The number of para-hydroxylation sites is 1. The normalized spacial score (nSPS) is 14.5. The number of hydrogen-bond acceptors (Lipinski definition) is 7. The van der Waals surface area contributed by atoms with E-state index >= 15 is 0 Å². The molecule has 1 aromatic heterocycles. The lowest BCUT2D eigenvalue weighted by molar-refractivity contribution is -0.127. The summed E-state index contributed by atoms with van der Waals surface area (Å²) in [5.74, 6) is 0.850. The SMILES string of the molecule is C=CC(=O)N1CCCC(c2cccc(NCc3ccc(Nc4ncc(Cl)c(Nc5ccccc5C(=O)NC)n4)cc3)c2)C1.